The molecule has 0 amide bonds. The standard InChI is InChI=1S/C12H16BrNO5/c13-9-2-11-10(18-7-19-11)1-8(9)3-14-12(4-15,5-16)6-17/h1-2,14-17H,3-7H2. The van der Waals surface area contributed by atoms with Crippen LogP contribution in [0.25, 0.3) is 0 Å². The minimum Gasteiger partial charge on any atom is -0.454 e. The van der Waals surface area contributed by atoms with Gasteiger partial charge in [-0.05, 0) is 17.7 Å². The first-order valence-corrected chi connectivity index (χ1v) is 6.59. The third kappa shape index (κ3) is 3.01. The molecule has 1 aromatic carbocycles. The van der Waals surface area contributed by atoms with E-state index in [4.69, 9.17) is 9.47 Å². The summed E-state index contributed by atoms with van der Waals surface area (Å²) >= 11 is 3.42. The molecule has 4 N–H and O–H groups in total. The summed E-state index contributed by atoms with van der Waals surface area (Å²) in [5.74, 6) is 1.33. The van der Waals surface area contributed by atoms with Crippen LogP contribution >= 0.6 is 15.9 Å². The summed E-state index contributed by atoms with van der Waals surface area (Å²) in [5.41, 5.74) is -0.223. The van der Waals surface area contributed by atoms with Crippen LogP contribution in [0.3, 0.4) is 0 Å². The van der Waals surface area contributed by atoms with E-state index in [9.17, 15) is 15.3 Å². The van der Waals surface area contributed by atoms with E-state index in [1.54, 1.807) is 6.07 Å². The van der Waals surface area contributed by atoms with Crippen molar-refractivity contribution in [3.8, 4) is 11.5 Å². The van der Waals surface area contributed by atoms with Crippen molar-refractivity contribution in [3.05, 3.63) is 22.2 Å². The topological polar surface area (TPSA) is 91.2 Å². The lowest BCUT2D eigenvalue weighted by atomic mass is 10.0. The number of rotatable bonds is 6. The van der Waals surface area contributed by atoms with Crippen LogP contribution < -0.4 is 14.8 Å². The maximum absolute atomic E-state index is 9.24. The Morgan fingerprint density at radius 2 is 1.68 bits per heavy atom. The first-order chi connectivity index (χ1) is 9.14. The zero-order valence-corrected chi connectivity index (χ0v) is 11.8. The van der Waals surface area contributed by atoms with Crippen molar-refractivity contribution in [1.29, 1.82) is 0 Å². The van der Waals surface area contributed by atoms with Gasteiger partial charge in [-0.1, -0.05) is 15.9 Å². The molecule has 0 atom stereocenters. The molecule has 1 aliphatic heterocycles. The van der Waals surface area contributed by atoms with Crippen LogP contribution in [0.4, 0.5) is 0 Å². The highest BCUT2D eigenvalue weighted by molar-refractivity contribution is 9.10. The highest BCUT2D eigenvalue weighted by atomic mass is 79.9. The Morgan fingerprint density at radius 1 is 1.11 bits per heavy atom. The van der Waals surface area contributed by atoms with Crippen molar-refractivity contribution >= 4 is 15.9 Å². The van der Waals surface area contributed by atoms with Gasteiger partial charge < -0.3 is 30.1 Å². The Hall–Kier alpha value is -0.860. The molecule has 6 nitrogen and oxygen atoms in total. The monoisotopic (exact) mass is 333 g/mol. The van der Waals surface area contributed by atoms with E-state index in [0.29, 0.717) is 18.0 Å². The Balaban J connectivity index is 2.11. The first kappa shape index (κ1) is 14.5. The molecule has 1 heterocycles. The van der Waals surface area contributed by atoms with Crippen molar-refractivity contribution in [1.82, 2.24) is 5.32 Å². The van der Waals surface area contributed by atoms with Crippen molar-refractivity contribution in [3.63, 3.8) is 0 Å². The smallest absolute Gasteiger partial charge is 0.231 e. The van der Waals surface area contributed by atoms with Crippen molar-refractivity contribution < 1.29 is 24.8 Å². The molecule has 0 bridgehead atoms. The maximum atomic E-state index is 9.24. The number of nitrogens with one attached hydrogen (secondary N) is 1. The van der Waals surface area contributed by atoms with Gasteiger partial charge in [-0.3, -0.25) is 0 Å². The summed E-state index contributed by atoms with van der Waals surface area (Å²) in [6.45, 7) is -0.516. The molecule has 2 rings (SSSR count). The van der Waals surface area contributed by atoms with Crippen LogP contribution in [0.5, 0.6) is 11.5 Å². The van der Waals surface area contributed by atoms with Crippen LogP contribution in [0, 0.1) is 0 Å². The number of hydrogen-bond donors (Lipinski definition) is 4. The van der Waals surface area contributed by atoms with Crippen molar-refractivity contribution in [2.45, 2.75) is 12.1 Å². The Morgan fingerprint density at radius 3 is 2.26 bits per heavy atom. The highest BCUT2D eigenvalue weighted by Gasteiger charge is 2.27. The zero-order chi connectivity index (χ0) is 13.9. The molecular weight excluding hydrogens is 318 g/mol. The van der Waals surface area contributed by atoms with Crippen LogP contribution in [0.15, 0.2) is 16.6 Å². The molecule has 0 aliphatic carbocycles. The molecule has 0 spiro atoms. The number of aliphatic hydroxyl groups is 3. The van der Waals surface area contributed by atoms with E-state index in [1.165, 1.54) is 0 Å². The van der Waals surface area contributed by atoms with Gasteiger partial charge in [-0.25, -0.2) is 0 Å². The summed E-state index contributed by atoms with van der Waals surface area (Å²) in [6.07, 6.45) is 0. The van der Waals surface area contributed by atoms with Gasteiger partial charge in [0.2, 0.25) is 6.79 Å². The Bertz CT molecular complexity index is 442. The number of fused-ring (bicyclic) bond motifs is 1. The predicted octanol–water partition coefficient (Wildman–Crippen LogP) is -0.0169. The first-order valence-electron chi connectivity index (χ1n) is 5.80. The van der Waals surface area contributed by atoms with Crippen LogP contribution in [0.2, 0.25) is 0 Å². The normalized spacial score (nSPS) is 13.9. The van der Waals surface area contributed by atoms with E-state index in [-0.39, 0.29) is 26.6 Å². The number of hydrogen-bond acceptors (Lipinski definition) is 6. The second kappa shape index (κ2) is 6.06. The van der Waals surface area contributed by atoms with Gasteiger partial charge in [0.25, 0.3) is 0 Å². The average Bonchev–Trinajstić information content (AvgIpc) is 2.88. The lowest BCUT2D eigenvalue weighted by molar-refractivity contribution is 0.0413. The maximum Gasteiger partial charge on any atom is 0.231 e. The van der Waals surface area contributed by atoms with Gasteiger partial charge in [0, 0.05) is 11.0 Å². The summed E-state index contributed by atoms with van der Waals surface area (Å²) in [5, 5.41) is 30.7. The van der Waals surface area contributed by atoms with E-state index < -0.39 is 5.54 Å². The molecule has 0 saturated carbocycles. The number of aliphatic hydroxyl groups excluding tert-OH is 3. The van der Waals surface area contributed by atoms with Gasteiger partial charge in [-0.2, -0.15) is 0 Å². The minimum atomic E-state index is -1.10. The lowest BCUT2D eigenvalue weighted by Gasteiger charge is -2.29. The summed E-state index contributed by atoms with van der Waals surface area (Å²) in [7, 11) is 0. The van der Waals surface area contributed by atoms with Gasteiger partial charge in [0.1, 0.15) is 0 Å². The van der Waals surface area contributed by atoms with Crippen LogP contribution in [0.1, 0.15) is 5.56 Å². The fourth-order valence-corrected chi connectivity index (χ4v) is 2.16. The molecule has 0 saturated heterocycles. The highest BCUT2D eigenvalue weighted by Crippen LogP contribution is 2.36. The quantitative estimate of drug-likeness (QED) is 0.585. The van der Waals surface area contributed by atoms with E-state index >= 15 is 0 Å². The molecule has 1 aliphatic rings. The summed E-state index contributed by atoms with van der Waals surface area (Å²) in [6, 6.07) is 3.62. The summed E-state index contributed by atoms with van der Waals surface area (Å²) < 4.78 is 11.4. The van der Waals surface area contributed by atoms with Gasteiger partial charge >= 0.3 is 0 Å². The van der Waals surface area contributed by atoms with Crippen molar-refractivity contribution in [2.75, 3.05) is 26.6 Å². The molecular formula is C12H16BrNO5. The molecule has 0 fully saturated rings. The third-order valence-electron chi connectivity index (χ3n) is 3.10. The fraction of sp³-hybridized carbons (Fsp3) is 0.500. The molecule has 7 heteroatoms. The van der Waals surface area contributed by atoms with Crippen LogP contribution in [-0.4, -0.2) is 47.5 Å². The Labute approximate surface area is 119 Å². The van der Waals surface area contributed by atoms with Gasteiger partial charge in [0.15, 0.2) is 11.5 Å². The van der Waals surface area contributed by atoms with Crippen LogP contribution in [-0.2, 0) is 6.54 Å². The van der Waals surface area contributed by atoms with E-state index in [2.05, 4.69) is 21.2 Å². The molecule has 0 aromatic heterocycles. The zero-order valence-electron chi connectivity index (χ0n) is 10.2. The van der Waals surface area contributed by atoms with Gasteiger partial charge in [0.05, 0.1) is 25.4 Å². The lowest BCUT2D eigenvalue weighted by Crippen LogP contribution is -2.54. The largest absolute Gasteiger partial charge is 0.454 e. The predicted molar refractivity (Wildman–Crippen MR) is 71.1 cm³/mol. The van der Waals surface area contributed by atoms with Crippen molar-refractivity contribution in [2.24, 2.45) is 0 Å². The molecule has 0 radical (unpaired) electrons. The summed E-state index contributed by atoms with van der Waals surface area (Å²) in [4.78, 5) is 0. The Kier molecular flexibility index (Phi) is 4.64. The second-order valence-electron chi connectivity index (χ2n) is 4.41. The van der Waals surface area contributed by atoms with Gasteiger partial charge in [-0.15, -0.1) is 0 Å². The second-order valence-corrected chi connectivity index (χ2v) is 5.26. The molecule has 0 unspecified atom stereocenters. The van der Waals surface area contributed by atoms with E-state index in [0.717, 1.165) is 10.0 Å². The average molecular weight is 334 g/mol. The third-order valence-corrected chi connectivity index (χ3v) is 3.84. The fourth-order valence-electron chi connectivity index (χ4n) is 1.70. The number of benzene rings is 1. The molecule has 19 heavy (non-hydrogen) atoms. The molecule has 106 valence electrons. The SMILES string of the molecule is OCC(CO)(CO)NCc1cc2c(cc1Br)OCO2. The van der Waals surface area contributed by atoms with E-state index in [1.807, 2.05) is 6.07 Å². The number of halogens is 1. The minimum absolute atomic E-state index is 0.201. The molecule has 1 aromatic rings. The number of ether oxygens (including phenoxy) is 2.